The van der Waals surface area contributed by atoms with Gasteiger partial charge in [0.25, 0.3) is 0 Å². The summed E-state index contributed by atoms with van der Waals surface area (Å²) in [5.41, 5.74) is 5.26. The lowest BCUT2D eigenvalue weighted by Crippen LogP contribution is -2.48. The molecule has 3 aromatic heterocycles. The Balaban J connectivity index is 0.000000276. The maximum absolute atomic E-state index is 14.4. The van der Waals surface area contributed by atoms with Crippen LogP contribution in [0.3, 0.4) is 0 Å². The number of benzene rings is 6. The Bertz CT molecular complexity index is 5170. The molecule has 28 nitrogen and oxygen atoms in total. The molecule has 6 aromatic carbocycles. The number of likely N-dealkylation sites (N-methyl/N-ethyl adjacent to an activating group) is 2. The first-order chi connectivity index (χ1) is 59.8. The number of carbonyl (C=O) groups excluding carboxylic acids is 10. The van der Waals surface area contributed by atoms with Crippen molar-refractivity contribution in [2.24, 2.45) is 5.92 Å². The molecule has 0 radical (unpaired) electrons. The minimum Gasteiger partial charge on any atom is -0.481 e. The summed E-state index contributed by atoms with van der Waals surface area (Å²) < 4.78 is 34.8. The zero-order chi connectivity index (χ0) is 88.4. The molecule has 12 rings (SSSR count). The Labute approximate surface area is 733 Å². The molecule has 0 bridgehead atoms. The van der Waals surface area contributed by atoms with Crippen molar-refractivity contribution in [2.75, 3.05) is 64.2 Å². The van der Waals surface area contributed by atoms with Gasteiger partial charge in [0, 0.05) is 91.6 Å². The number of Topliss-reactive ketones (excluding diaryl/α,β-unsaturated/α-hetero) is 3. The highest BCUT2D eigenvalue weighted by Gasteiger charge is 2.43. The number of nitrogens with one attached hydrogen (secondary N) is 4. The second-order valence-electron chi connectivity index (χ2n) is 31.1. The van der Waals surface area contributed by atoms with E-state index in [1.165, 1.54) is 28.4 Å². The van der Waals surface area contributed by atoms with Gasteiger partial charge in [-0.05, 0) is 175 Å². The molecule has 3 saturated heterocycles. The highest BCUT2D eigenvalue weighted by atomic mass is 32.1. The van der Waals surface area contributed by atoms with Crippen molar-refractivity contribution in [3.05, 3.63) is 185 Å². The molecule has 7 amide bonds. The van der Waals surface area contributed by atoms with E-state index in [1.807, 2.05) is 105 Å². The van der Waals surface area contributed by atoms with Gasteiger partial charge in [0.15, 0.2) is 17.3 Å². The number of hydrogen-bond donors (Lipinski definition) is 4. The van der Waals surface area contributed by atoms with Crippen molar-refractivity contribution in [2.45, 2.75) is 166 Å². The predicted molar refractivity (Wildman–Crippen MR) is 473 cm³/mol. The van der Waals surface area contributed by atoms with E-state index in [9.17, 15) is 47.9 Å². The standard InChI is InChI=1S/C59H61N9O8S2.C34H39N5O6S/c1-5-38(2)55(71)61-54(59(74)67-32-16-22-47(67)50(70)37-51-52(63-65-77-51)41-18-10-8-11-19-41)43-26-30-45(31-27-43)76-35-15-7-6-14-34-75-44-28-24-40(25-29-44)46(36-49(69)39(3)60-4)58(73)68-33-17-23-48(68)56(72)62-57-53(64-66-78-57)42-20-12-9-13-21-42;1-7-20-44-25-17-15-23(16-18-25)26(21-28(40)22(2)38(6)33(43)45-34(3,4)5)32(42)39-19-11-14-27(39)30(41)35-31-29(36-37-46-31)24-12-9-8-10-13-24/h8-13,18-21,24-31,38-39,46-48,54,60H,5,16-17,22-23,32-37H2,1-4H3,(H,61,71)(H,62,72);1,8-10,12-13,15-18,22,26-27H,11,14,19-21H2,2-6H3,(H,35,41)/t38-,39+,46+,47+,48+,54+;22-,26-,27-/m10/s1. The number of ketones is 3. The molecular weight excluding hydrogens is 1630 g/mol. The minimum atomic E-state index is -1.02. The third-order valence-corrected chi connectivity index (χ3v) is 23.7. The molecule has 644 valence electrons. The number of ether oxygens (including phenoxy) is 4. The molecule has 3 aliphatic rings. The molecule has 0 aliphatic carbocycles. The van der Waals surface area contributed by atoms with Crippen LogP contribution in [-0.4, -0.2) is 197 Å². The minimum absolute atomic E-state index is 0.0272. The Morgan fingerprint density at radius 3 is 1.39 bits per heavy atom. The third-order valence-electron chi connectivity index (χ3n) is 21.7. The van der Waals surface area contributed by atoms with E-state index >= 15 is 0 Å². The summed E-state index contributed by atoms with van der Waals surface area (Å²) in [7, 11) is 3.18. The van der Waals surface area contributed by atoms with Crippen LogP contribution in [0, 0.1) is 41.9 Å². The molecule has 3 fully saturated rings. The van der Waals surface area contributed by atoms with Gasteiger partial charge in [-0.1, -0.05) is 161 Å². The van der Waals surface area contributed by atoms with Crippen molar-refractivity contribution in [3.63, 3.8) is 0 Å². The largest absolute Gasteiger partial charge is 0.481 e. The Hall–Kier alpha value is -12.9. The number of terminal acetylenes is 1. The van der Waals surface area contributed by atoms with Gasteiger partial charge >= 0.3 is 6.09 Å². The van der Waals surface area contributed by atoms with Crippen molar-refractivity contribution < 1.29 is 66.9 Å². The fourth-order valence-corrected chi connectivity index (χ4v) is 16.3. The first-order valence-corrected chi connectivity index (χ1v) is 43.4. The monoisotopic (exact) mass is 1730 g/mol. The molecule has 31 heteroatoms. The number of nitrogens with zero attached hydrogens (tertiary/aromatic N) is 10. The maximum Gasteiger partial charge on any atom is 0.410 e. The van der Waals surface area contributed by atoms with Crippen LogP contribution in [0.5, 0.6) is 17.2 Å². The predicted octanol–water partition coefficient (Wildman–Crippen LogP) is 12.6. The van der Waals surface area contributed by atoms with Gasteiger partial charge in [0.2, 0.25) is 35.4 Å². The maximum atomic E-state index is 14.4. The molecule has 6 heterocycles. The third kappa shape index (κ3) is 24.3. The van der Waals surface area contributed by atoms with E-state index in [-0.39, 0.29) is 97.8 Å². The highest BCUT2D eigenvalue weighted by molar-refractivity contribution is 7.11. The van der Waals surface area contributed by atoms with E-state index in [1.54, 1.807) is 124 Å². The fraction of sp³-hybridized carbons (Fsp3) is 0.376. The molecule has 9 atom stereocenters. The number of anilines is 2. The van der Waals surface area contributed by atoms with E-state index in [0.29, 0.717) is 126 Å². The molecule has 124 heavy (non-hydrogen) atoms. The van der Waals surface area contributed by atoms with Crippen molar-refractivity contribution in [1.82, 2.24) is 59.0 Å². The number of hydrogen-bond acceptors (Lipinski definition) is 24. The van der Waals surface area contributed by atoms with Crippen LogP contribution >= 0.6 is 34.6 Å². The highest BCUT2D eigenvalue weighted by Crippen LogP contribution is 2.37. The summed E-state index contributed by atoms with van der Waals surface area (Å²) in [6, 6.07) is 44.5. The summed E-state index contributed by atoms with van der Waals surface area (Å²) >= 11 is 3.31. The Kier molecular flexibility index (Phi) is 32.8. The van der Waals surface area contributed by atoms with Crippen molar-refractivity contribution >= 4 is 103 Å². The van der Waals surface area contributed by atoms with E-state index < -0.39 is 59.8 Å². The number of rotatable bonds is 33. The first kappa shape index (κ1) is 91.9. The second kappa shape index (κ2) is 44.3. The van der Waals surface area contributed by atoms with Crippen molar-refractivity contribution in [1.29, 1.82) is 0 Å². The average Bonchev–Trinajstić information content (AvgIpc) is 1.56. The molecule has 0 unspecified atom stereocenters. The lowest BCUT2D eigenvalue weighted by molar-refractivity contribution is -0.141. The van der Waals surface area contributed by atoms with Crippen LogP contribution in [0.2, 0.25) is 0 Å². The summed E-state index contributed by atoms with van der Waals surface area (Å²) in [4.78, 5) is 144. The van der Waals surface area contributed by atoms with E-state index in [4.69, 9.17) is 25.4 Å². The quantitative estimate of drug-likeness (QED) is 0.0278. The molecular formula is C93H100N14O14S3. The van der Waals surface area contributed by atoms with Gasteiger partial charge in [-0.15, -0.1) is 21.7 Å². The van der Waals surface area contributed by atoms with Crippen LogP contribution in [0.15, 0.2) is 164 Å². The average molecular weight is 1730 g/mol. The van der Waals surface area contributed by atoms with Crippen LogP contribution in [0.4, 0.5) is 14.8 Å². The molecule has 9 aromatic rings. The normalized spacial score (nSPS) is 16.1. The summed E-state index contributed by atoms with van der Waals surface area (Å²) in [5, 5.41) is 25.5. The summed E-state index contributed by atoms with van der Waals surface area (Å²) in [5.74, 6) is 10.6. The number of amides is 7. The van der Waals surface area contributed by atoms with Gasteiger partial charge < -0.3 is 59.8 Å². The molecule has 0 saturated carbocycles. The van der Waals surface area contributed by atoms with E-state index in [2.05, 4.69) is 79.6 Å². The first-order valence-electron chi connectivity index (χ1n) is 41.1. The fourth-order valence-electron chi connectivity index (χ4n) is 14.4. The van der Waals surface area contributed by atoms with Crippen LogP contribution < -0.4 is 35.5 Å². The molecule has 0 spiro atoms. The Morgan fingerprint density at radius 1 is 0.532 bits per heavy atom. The topological polar surface area (TPSA) is 346 Å². The number of carbonyl (C=O) groups is 10. The summed E-state index contributed by atoms with van der Waals surface area (Å²) in [6.07, 6.45) is 8.45. The smallest absolute Gasteiger partial charge is 0.410 e. The van der Waals surface area contributed by atoms with Gasteiger partial charge in [-0.3, -0.25) is 43.2 Å². The van der Waals surface area contributed by atoms with Crippen molar-refractivity contribution in [3.8, 4) is 87.0 Å². The van der Waals surface area contributed by atoms with Crippen LogP contribution in [0.25, 0.3) is 33.8 Å². The molecule has 3 aliphatic heterocycles. The van der Waals surface area contributed by atoms with Gasteiger partial charge in [0.1, 0.15) is 87.9 Å². The molecule has 4 N–H and O–H groups in total. The zero-order valence-corrected chi connectivity index (χ0v) is 73.0. The number of likely N-dealkylation sites (tertiary alicyclic amines) is 3. The van der Waals surface area contributed by atoms with Gasteiger partial charge in [-0.25, -0.2) is 4.79 Å². The Morgan fingerprint density at radius 2 is 0.944 bits per heavy atom. The zero-order valence-electron chi connectivity index (χ0n) is 70.6. The van der Waals surface area contributed by atoms with Gasteiger partial charge in [0.05, 0.1) is 34.8 Å². The summed E-state index contributed by atoms with van der Waals surface area (Å²) in [6.45, 7) is 13.6. The van der Waals surface area contributed by atoms with Crippen LogP contribution in [-0.2, 0) is 54.3 Å². The second-order valence-corrected chi connectivity index (χ2v) is 33.4. The lowest BCUT2D eigenvalue weighted by Gasteiger charge is -2.31. The lowest BCUT2D eigenvalue weighted by atomic mass is 9.90. The SMILES string of the molecule is C#CCOc1ccc([C@H](CC(=O)[C@H](C)N(C)C(=O)OC(C)(C)C)C(=O)N2CCC[C@H]2C(=O)Nc2snnc2-c2ccccc2)cc1.CC[C@@H](C)C(=O)N[C@H](C(=O)N1CCC[C@H]1C(=O)Cc1snnc1-c1ccccc1)c1ccc(OCC#CC#CCOc2ccc([C@H](CC(=O)[C@H](C)NC)C(=O)N3CCC[C@H]3C(=O)Nc3snnc3-c3ccccc3)cc2)cc1. The van der Waals surface area contributed by atoms with E-state index in [0.717, 1.165) is 44.6 Å². The van der Waals surface area contributed by atoms with Crippen LogP contribution in [0.1, 0.15) is 146 Å². The number of aromatic nitrogens is 6. The van der Waals surface area contributed by atoms with Gasteiger partial charge in [-0.2, -0.15) is 0 Å².